The summed E-state index contributed by atoms with van der Waals surface area (Å²) < 4.78 is 10.8. The van der Waals surface area contributed by atoms with Crippen LogP contribution in [0.5, 0.6) is 11.5 Å². The molecular formula is C19H15Cl2NO4S. The van der Waals surface area contributed by atoms with Crippen LogP contribution in [0.4, 0.5) is 4.79 Å². The summed E-state index contributed by atoms with van der Waals surface area (Å²) in [5.41, 5.74) is 0.583. The van der Waals surface area contributed by atoms with E-state index in [9.17, 15) is 9.59 Å². The van der Waals surface area contributed by atoms with Gasteiger partial charge in [-0.05, 0) is 41.6 Å². The molecule has 140 valence electrons. The highest BCUT2D eigenvalue weighted by atomic mass is 35.5. The number of methoxy groups -OCH3 is 1. The summed E-state index contributed by atoms with van der Waals surface area (Å²) in [5, 5.41) is 0.369. The Morgan fingerprint density at radius 3 is 2.56 bits per heavy atom. The number of halogens is 2. The van der Waals surface area contributed by atoms with Gasteiger partial charge in [-0.1, -0.05) is 47.5 Å². The molecule has 0 aromatic heterocycles. The summed E-state index contributed by atoms with van der Waals surface area (Å²) in [6.45, 7) is 0.285. The summed E-state index contributed by atoms with van der Waals surface area (Å²) in [4.78, 5) is 26.2. The molecule has 0 unspecified atom stereocenters. The van der Waals surface area contributed by atoms with Crippen LogP contribution in [-0.4, -0.2) is 36.3 Å². The number of benzene rings is 2. The first-order valence-corrected chi connectivity index (χ1v) is 9.53. The van der Waals surface area contributed by atoms with Gasteiger partial charge in [0.2, 0.25) is 0 Å². The number of imide groups is 1. The van der Waals surface area contributed by atoms with Crippen molar-refractivity contribution >= 4 is 52.2 Å². The van der Waals surface area contributed by atoms with Crippen LogP contribution in [0.1, 0.15) is 5.56 Å². The molecule has 0 radical (unpaired) electrons. The van der Waals surface area contributed by atoms with Gasteiger partial charge in [0.1, 0.15) is 6.61 Å². The molecule has 8 heteroatoms. The molecule has 0 N–H and O–H groups in total. The van der Waals surface area contributed by atoms with E-state index in [0.717, 1.165) is 16.7 Å². The molecule has 0 atom stereocenters. The molecule has 0 saturated carbocycles. The van der Waals surface area contributed by atoms with E-state index in [2.05, 4.69) is 0 Å². The van der Waals surface area contributed by atoms with Crippen LogP contribution in [-0.2, 0) is 4.79 Å². The van der Waals surface area contributed by atoms with E-state index in [1.165, 1.54) is 0 Å². The van der Waals surface area contributed by atoms with Crippen molar-refractivity contribution in [3.8, 4) is 11.5 Å². The first kappa shape index (κ1) is 19.6. The van der Waals surface area contributed by atoms with Crippen LogP contribution < -0.4 is 9.47 Å². The van der Waals surface area contributed by atoms with Gasteiger partial charge in [0.05, 0.1) is 28.6 Å². The van der Waals surface area contributed by atoms with Gasteiger partial charge in [-0.3, -0.25) is 14.5 Å². The topological polar surface area (TPSA) is 55.8 Å². The Balaban J connectivity index is 1.67. The van der Waals surface area contributed by atoms with Crippen molar-refractivity contribution < 1.29 is 19.1 Å². The van der Waals surface area contributed by atoms with Crippen molar-refractivity contribution in [3.05, 3.63) is 63.0 Å². The molecular weight excluding hydrogens is 409 g/mol. The van der Waals surface area contributed by atoms with Crippen LogP contribution in [0.15, 0.2) is 47.4 Å². The summed E-state index contributed by atoms with van der Waals surface area (Å²) in [6.07, 6.45) is 1.57. The fourth-order valence-electron chi connectivity index (χ4n) is 2.45. The van der Waals surface area contributed by atoms with Crippen LogP contribution in [0.25, 0.3) is 6.08 Å². The Morgan fingerprint density at radius 1 is 1.07 bits per heavy atom. The van der Waals surface area contributed by atoms with Crippen LogP contribution in [0, 0.1) is 0 Å². The van der Waals surface area contributed by atoms with Gasteiger partial charge >= 0.3 is 0 Å². The molecule has 2 aromatic rings. The third-order valence-corrected chi connectivity index (χ3v) is 5.52. The lowest BCUT2D eigenvalue weighted by Crippen LogP contribution is -2.32. The third kappa shape index (κ3) is 4.40. The molecule has 1 heterocycles. The van der Waals surface area contributed by atoms with Gasteiger partial charge in [0.25, 0.3) is 11.1 Å². The highest BCUT2D eigenvalue weighted by molar-refractivity contribution is 8.18. The van der Waals surface area contributed by atoms with Gasteiger partial charge < -0.3 is 9.47 Å². The molecule has 1 saturated heterocycles. The molecule has 5 nitrogen and oxygen atoms in total. The number of hydrogen-bond acceptors (Lipinski definition) is 5. The molecule has 2 aromatic carbocycles. The lowest BCUT2D eigenvalue weighted by atomic mass is 10.2. The minimum absolute atomic E-state index is 0.128. The number of carbonyl (C=O) groups excluding carboxylic acids is 2. The number of carbonyl (C=O) groups is 2. The molecule has 3 rings (SSSR count). The van der Waals surface area contributed by atoms with E-state index in [1.54, 1.807) is 43.5 Å². The quantitative estimate of drug-likeness (QED) is 0.603. The monoisotopic (exact) mass is 423 g/mol. The maximum absolute atomic E-state index is 12.5. The first-order chi connectivity index (χ1) is 13.0. The molecule has 1 fully saturated rings. The lowest BCUT2D eigenvalue weighted by Gasteiger charge is -2.14. The molecule has 0 aliphatic carbocycles. The van der Waals surface area contributed by atoms with E-state index in [0.29, 0.717) is 32.0 Å². The zero-order valence-corrected chi connectivity index (χ0v) is 16.6. The van der Waals surface area contributed by atoms with Crippen LogP contribution >= 0.6 is 35.0 Å². The van der Waals surface area contributed by atoms with Crippen molar-refractivity contribution in [3.63, 3.8) is 0 Å². The molecule has 2 amide bonds. The Labute approximate surface area is 170 Å². The average Bonchev–Trinajstić information content (AvgIpc) is 2.93. The maximum atomic E-state index is 12.5. The van der Waals surface area contributed by atoms with E-state index in [1.807, 2.05) is 12.1 Å². The zero-order chi connectivity index (χ0) is 19.4. The van der Waals surface area contributed by atoms with Crippen molar-refractivity contribution in [2.75, 3.05) is 20.3 Å². The molecule has 1 aliphatic rings. The summed E-state index contributed by atoms with van der Waals surface area (Å²) in [6, 6.07) is 12.3. The number of rotatable bonds is 6. The molecule has 27 heavy (non-hydrogen) atoms. The lowest BCUT2D eigenvalue weighted by molar-refractivity contribution is -0.123. The number of nitrogens with zero attached hydrogens (tertiary/aromatic N) is 1. The summed E-state index contributed by atoms with van der Waals surface area (Å²) >= 11 is 13.0. The standard InChI is InChI=1S/C19H15Cl2NO4S/c1-25-14-7-2-3-8-15(14)26-10-9-22-18(23)16(27-19(22)24)11-12-5-4-6-13(20)17(12)21/h2-8,11H,9-10H2,1H3/b16-11-. The summed E-state index contributed by atoms with van der Waals surface area (Å²) in [7, 11) is 1.55. The largest absolute Gasteiger partial charge is 0.493 e. The van der Waals surface area contributed by atoms with Crippen molar-refractivity contribution in [1.82, 2.24) is 4.90 Å². The molecule has 0 bridgehead atoms. The highest BCUT2D eigenvalue weighted by Gasteiger charge is 2.35. The summed E-state index contributed by atoms with van der Waals surface area (Å²) in [5.74, 6) is 0.750. The Morgan fingerprint density at radius 2 is 1.81 bits per heavy atom. The van der Waals surface area contributed by atoms with E-state index >= 15 is 0 Å². The fourth-order valence-corrected chi connectivity index (χ4v) is 3.67. The maximum Gasteiger partial charge on any atom is 0.293 e. The second-order valence-electron chi connectivity index (χ2n) is 5.48. The second kappa shape index (κ2) is 8.69. The molecule has 1 aliphatic heterocycles. The smallest absolute Gasteiger partial charge is 0.293 e. The first-order valence-electron chi connectivity index (χ1n) is 7.96. The minimum atomic E-state index is -0.385. The SMILES string of the molecule is COc1ccccc1OCCN1C(=O)S/C(=C\c2cccc(Cl)c2Cl)C1=O. The fraction of sp³-hybridized carbons (Fsp3) is 0.158. The number of hydrogen-bond donors (Lipinski definition) is 0. The van der Waals surface area contributed by atoms with E-state index in [4.69, 9.17) is 32.7 Å². The highest BCUT2D eigenvalue weighted by Crippen LogP contribution is 2.35. The predicted molar refractivity (Wildman–Crippen MR) is 108 cm³/mol. The third-order valence-electron chi connectivity index (χ3n) is 3.78. The van der Waals surface area contributed by atoms with Gasteiger partial charge in [-0.25, -0.2) is 0 Å². The normalized spacial score (nSPS) is 15.5. The Hall–Kier alpha value is -2.15. The predicted octanol–water partition coefficient (Wildman–Crippen LogP) is 5.12. The number of ether oxygens (including phenoxy) is 2. The minimum Gasteiger partial charge on any atom is -0.493 e. The Kier molecular flexibility index (Phi) is 6.31. The van der Waals surface area contributed by atoms with E-state index in [-0.39, 0.29) is 24.3 Å². The molecule has 0 spiro atoms. The van der Waals surface area contributed by atoms with Gasteiger partial charge in [-0.2, -0.15) is 0 Å². The number of para-hydroxylation sites is 2. The second-order valence-corrected chi connectivity index (χ2v) is 7.25. The van der Waals surface area contributed by atoms with Gasteiger partial charge in [-0.15, -0.1) is 0 Å². The van der Waals surface area contributed by atoms with E-state index < -0.39 is 0 Å². The van der Waals surface area contributed by atoms with Crippen LogP contribution in [0.3, 0.4) is 0 Å². The zero-order valence-electron chi connectivity index (χ0n) is 14.3. The van der Waals surface area contributed by atoms with Crippen molar-refractivity contribution in [2.45, 2.75) is 0 Å². The van der Waals surface area contributed by atoms with Crippen LogP contribution in [0.2, 0.25) is 10.0 Å². The number of thioether (sulfide) groups is 1. The average molecular weight is 424 g/mol. The van der Waals surface area contributed by atoms with Gasteiger partial charge in [0.15, 0.2) is 11.5 Å². The Bertz CT molecular complexity index is 916. The van der Waals surface area contributed by atoms with Gasteiger partial charge in [0, 0.05) is 0 Å². The van der Waals surface area contributed by atoms with Crippen molar-refractivity contribution in [1.29, 1.82) is 0 Å². The number of amides is 2. The van der Waals surface area contributed by atoms with Crippen molar-refractivity contribution in [2.24, 2.45) is 0 Å².